The van der Waals surface area contributed by atoms with Crippen LogP contribution in [0.1, 0.15) is 32.2 Å². The van der Waals surface area contributed by atoms with Crippen molar-refractivity contribution >= 4 is 0 Å². The Morgan fingerprint density at radius 2 is 1.62 bits per heavy atom. The molecular weight excluding hydrogens is 283 g/mol. The minimum absolute atomic E-state index is 0.287. The highest BCUT2D eigenvalue weighted by Gasteiger charge is 2.30. The Morgan fingerprint density at radius 3 is 2.05 bits per heavy atom. The number of halogens is 3. The van der Waals surface area contributed by atoms with Crippen molar-refractivity contribution in [2.24, 2.45) is 0 Å². The first-order chi connectivity index (χ1) is 9.64. The summed E-state index contributed by atoms with van der Waals surface area (Å²) in [6.45, 7) is 5.43. The van der Waals surface area contributed by atoms with E-state index in [0.717, 1.165) is 12.1 Å². The highest BCUT2D eigenvalue weighted by Crippen LogP contribution is 2.32. The van der Waals surface area contributed by atoms with Crippen LogP contribution in [0.5, 0.6) is 0 Å². The normalized spacial score (nSPS) is 12.7. The quantitative estimate of drug-likeness (QED) is 0.926. The number of benzene rings is 1. The van der Waals surface area contributed by atoms with Gasteiger partial charge in [-0.25, -0.2) is 0 Å². The number of rotatable bonds is 2. The highest BCUT2D eigenvalue weighted by molar-refractivity contribution is 5.56. The van der Waals surface area contributed by atoms with E-state index in [1.54, 1.807) is 4.57 Å². The average molecular weight is 299 g/mol. The van der Waals surface area contributed by atoms with Crippen molar-refractivity contribution in [1.29, 1.82) is 0 Å². The zero-order chi connectivity index (χ0) is 15.8. The van der Waals surface area contributed by atoms with Crippen molar-refractivity contribution in [3.8, 4) is 11.4 Å². The molecule has 0 bridgehead atoms. The predicted octanol–water partition coefficient (Wildman–Crippen LogP) is 3.21. The highest BCUT2D eigenvalue weighted by atomic mass is 19.4. The fourth-order valence-electron chi connectivity index (χ4n) is 2.12. The van der Waals surface area contributed by atoms with E-state index >= 15 is 0 Å². The second kappa shape index (κ2) is 5.14. The molecule has 0 aliphatic heterocycles. The van der Waals surface area contributed by atoms with Crippen LogP contribution in [0.3, 0.4) is 0 Å². The molecule has 114 valence electrons. The molecule has 7 heteroatoms. The van der Waals surface area contributed by atoms with E-state index < -0.39 is 17.3 Å². The van der Waals surface area contributed by atoms with Gasteiger partial charge in [0.15, 0.2) is 11.6 Å². The van der Waals surface area contributed by atoms with Gasteiger partial charge >= 0.3 is 6.18 Å². The van der Waals surface area contributed by atoms with Crippen molar-refractivity contribution in [1.82, 2.24) is 14.8 Å². The third-order valence-electron chi connectivity index (χ3n) is 3.01. The van der Waals surface area contributed by atoms with Gasteiger partial charge < -0.3 is 9.67 Å². The zero-order valence-electron chi connectivity index (χ0n) is 11.9. The van der Waals surface area contributed by atoms with Crippen LogP contribution < -0.4 is 0 Å². The Hall–Kier alpha value is -1.89. The molecule has 0 spiro atoms. The molecule has 0 saturated carbocycles. The van der Waals surface area contributed by atoms with E-state index in [1.165, 1.54) is 12.1 Å². The largest absolute Gasteiger partial charge is 0.416 e. The second-order valence-electron chi connectivity index (χ2n) is 5.68. The smallest absolute Gasteiger partial charge is 0.388 e. The Balaban J connectivity index is 2.50. The monoisotopic (exact) mass is 299 g/mol. The van der Waals surface area contributed by atoms with Gasteiger partial charge in [-0.2, -0.15) is 13.2 Å². The SMILES string of the molecule is CC(C)(C)n1c(CO)nnc1-c1ccc(C(F)(F)F)cc1. The van der Waals surface area contributed by atoms with Crippen molar-refractivity contribution in [2.75, 3.05) is 0 Å². The lowest BCUT2D eigenvalue weighted by Gasteiger charge is -2.24. The third kappa shape index (κ3) is 3.07. The van der Waals surface area contributed by atoms with E-state index in [9.17, 15) is 18.3 Å². The maximum Gasteiger partial charge on any atom is 0.416 e. The minimum Gasteiger partial charge on any atom is -0.388 e. The standard InChI is InChI=1S/C14H16F3N3O/c1-13(2,3)20-11(8-21)18-19-12(20)9-4-6-10(7-5-9)14(15,16)17/h4-7,21H,8H2,1-3H3. The van der Waals surface area contributed by atoms with Crippen LogP contribution in [0.2, 0.25) is 0 Å². The van der Waals surface area contributed by atoms with Gasteiger partial charge in [0.1, 0.15) is 6.61 Å². The predicted molar refractivity (Wildman–Crippen MR) is 71.4 cm³/mol. The van der Waals surface area contributed by atoms with Crippen molar-refractivity contribution in [2.45, 2.75) is 39.1 Å². The van der Waals surface area contributed by atoms with Gasteiger partial charge in [0, 0.05) is 11.1 Å². The lowest BCUT2D eigenvalue weighted by molar-refractivity contribution is -0.137. The van der Waals surface area contributed by atoms with E-state index in [1.807, 2.05) is 20.8 Å². The molecule has 0 fully saturated rings. The molecule has 0 aliphatic carbocycles. The average Bonchev–Trinajstić information content (AvgIpc) is 2.81. The second-order valence-corrected chi connectivity index (χ2v) is 5.68. The number of nitrogens with zero attached hydrogens (tertiary/aromatic N) is 3. The number of hydrogen-bond acceptors (Lipinski definition) is 3. The molecular formula is C14H16F3N3O. The minimum atomic E-state index is -4.37. The first-order valence-electron chi connectivity index (χ1n) is 6.38. The van der Waals surface area contributed by atoms with Gasteiger partial charge in [-0.05, 0) is 32.9 Å². The Kier molecular flexibility index (Phi) is 3.79. The van der Waals surface area contributed by atoms with Crippen molar-refractivity contribution < 1.29 is 18.3 Å². The van der Waals surface area contributed by atoms with Gasteiger partial charge in [0.25, 0.3) is 0 Å². The Labute approximate surface area is 120 Å². The van der Waals surface area contributed by atoms with E-state index in [2.05, 4.69) is 10.2 Å². The molecule has 0 amide bonds. The van der Waals surface area contributed by atoms with Crippen LogP contribution in [-0.2, 0) is 18.3 Å². The molecule has 0 unspecified atom stereocenters. The number of hydrogen-bond donors (Lipinski definition) is 1. The summed E-state index contributed by atoms with van der Waals surface area (Å²) in [5.41, 5.74) is -0.597. The van der Waals surface area contributed by atoms with Crippen molar-refractivity contribution in [3.63, 3.8) is 0 Å². The molecule has 0 atom stereocenters. The Morgan fingerprint density at radius 1 is 1.05 bits per heavy atom. The van der Waals surface area contributed by atoms with Crippen LogP contribution in [0, 0.1) is 0 Å². The first kappa shape index (κ1) is 15.5. The molecule has 2 rings (SSSR count). The maximum absolute atomic E-state index is 12.6. The molecule has 0 aliphatic rings. The zero-order valence-corrected chi connectivity index (χ0v) is 11.9. The molecule has 1 aromatic carbocycles. The fraction of sp³-hybridized carbons (Fsp3) is 0.429. The summed E-state index contributed by atoms with van der Waals surface area (Å²) in [4.78, 5) is 0. The summed E-state index contributed by atoms with van der Waals surface area (Å²) in [7, 11) is 0. The first-order valence-corrected chi connectivity index (χ1v) is 6.38. The lowest BCUT2D eigenvalue weighted by Crippen LogP contribution is -2.25. The molecule has 21 heavy (non-hydrogen) atoms. The molecule has 2 aromatic rings. The van der Waals surface area contributed by atoms with Crippen LogP contribution in [0.15, 0.2) is 24.3 Å². The summed E-state index contributed by atoms with van der Waals surface area (Å²) in [6, 6.07) is 4.73. The van der Waals surface area contributed by atoms with Gasteiger partial charge in [-0.1, -0.05) is 12.1 Å². The van der Waals surface area contributed by atoms with Gasteiger partial charge in [-0.15, -0.1) is 10.2 Å². The summed E-state index contributed by atoms with van der Waals surface area (Å²) >= 11 is 0. The molecule has 0 saturated heterocycles. The van der Waals surface area contributed by atoms with Crippen LogP contribution >= 0.6 is 0 Å². The van der Waals surface area contributed by atoms with E-state index in [4.69, 9.17) is 0 Å². The fourth-order valence-corrected chi connectivity index (χ4v) is 2.12. The van der Waals surface area contributed by atoms with Gasteiger partial charge in [0.05, 0.1) is 5.56 Å². The molecule has 1 aromatic heterocycles. The molecule has 1 N–H and O–H groups in total. The van der Waals surface area contributed by atoms with Crippen LogP contribution in [0.4, 0.5) is 13.2 Å². The number of aliphatic hydroxyl groups is 1. The topological polar surface area (TPSA) is 50.9 Å². The number of alkyl halides is 3. The van der Waals surface area contributed by atoms with Gasteiger partial charge in [0.2, 0.25) is 0 Å². The van der Waals surface area contributed by atoms with Crippen molar-refractivity contribution in [3.05, 3.63) is 35.7 Å². The Bertz CT molecular complexity index is 624. The molecule has 0 radical (unpaired) electrons. The summed E-state index contributed by atoms with van der Waals surface area (Å²) in [5.74, 6) is 0.803. The summed E-state index contributed by atoms with van der Waals surface area (Å²) in [6.07, 6.45) is -4.37. The molecule has 1 heterocycles. The van der Waals surface area contributed by atoms with Crippen LogP contribution in [0.25, 0.3) is 11.4 Å². The van der Waals surface area contributed by atoms with E-state index in [0.29, 0.717) is 17.2 Å². The summed E-state index contributed by atoms with van der Waals surface area (Å²) < 4.78 is 39.5. The van der Waals surface area contributed by atoms with E-state index in [-0.39, 0.29) is 6.61 Å². The number of aromatic nitrogens is 3. The molecule has 4 nitrogen and oxygen atoms in total. The maximum atomic E-state index is 12.6. The summed E-state index contributed by atoms with van der Waals surface area (Å²) in [5, 5.41) is 17.2. The third-order valence-corrected chi connectivity index (χ3v) is 3.01. The van der Waals surface area contributed by atoms with Crippen LogP contribution in [-0.4, -0.2) is 19.9 Å². The van der Waals surface area contributed by atoms with Gasteiger partial charge in [-0.3, -0.25) is 0 Å². The lowest BCUT2D eigenvalue weighted by atomic mass is 10.1. The number of aliphatic hydroxyl groups excluding tert-OH is 1.